The monoisotopic (exact) mass is 408 g/mol. The molecule has 0 aliphatic carbocycles. The summed E-state index contributed by atoms with van der Waals surface area (Å²) in [6.45, 7) is 5.44. The number of nitrogens with zero attached hydrogens (tertiary/aromatic N) is 6. The first kappa shape index (κ1) is 21.0. The third-order valence-corrected chi connectivity index (χ3v) is 4.87. The molecule has 0 aliphatic rings. The topological polar surface area (TPSA) is 94.6 Å². The first-order chi connectivity index (χ1) is 14.3. The fourth-order valence-electron chi connectivity index (χ4n) is 2.91. The molecule has 30 heavy (non-hydrogen) atoms. The molecule has 1 aromatic heterocycles. The van der Waals surface area contributed by atoms with Crippen LogP contribution >= 0.6 is 0 Å². The van der Waals surface area contributed by atoms with Crippen LogP contribution < -0.4 is 10.6 Å². The van der Waals surface area contributed by atoms with Gasteiger partial charge in [0.25, 0.3) is 0 Å². The lowest BCUT2D eigenvalue weighted by atomic mass is 10.1. The average molecular weight is 408 g/mol. The van der Waals surface area contributed by atoms with Crippen molar-refractivity contribution >= 4 is 17.3 Å². The molecule has 0 fully saturated rings. The summed E-state index contributed by atoms with van der Waals surface area (Å²) in [5.74, 6) is -0.0515. The Labute approximate surface area is 174 Å². The van der Waals surface area contributed by atoms with Crippen molar-refractivity contribution in [3.8, 4) is 5.69 Å². The molecule has 3 aromatic rings. The molecule has 0 saturated carbocycles. The van der Waals surface area contributed by atoms with E-state index in [2.05, 4.69) is 15.6 Å². The zero-order chi connectivity index (χ0) is 21.8. The predicted molar refractivity (Wildman–Crippen MR) is 114 cm³/mol. The van der Waals surface area contributed by atoms with Gasteiger partial charge in [0.1, 0.15) is 6.61 Å². The number of amides is 1. The Bertz CT molecular complexity index is 1160. The van der Waals surface area contributed by atoms with E-state index in [0.717, 1.165) is 22.4 Å². The first-order valence-electron chi connectivity index (χ1n) is 9.38. The van der Waals surface area contributed by atoms with E-state index in [0.29, 0.717) is 11.4 Å². The van der Waals surface area contributed by atoms with Gasteiger partial charge in [0.05, 0.1) is 11.4 Å². The number of hydrogen-bond acceptors (Lipinski definition) is 6. The standard InChI is InChI=1S/C21H24N6O3/c1-14-8-6-11-20(27-21(29)26(5)23-24-27)19(14)13-30-22-15(2)17-9-7-10-18(12-17)25(4)16(3)28/h6-12H,13H2,1-5H3. The Kier molecular flexibility index (Phi) is 6.10. The number of rotatable bonds is 6. The number of oxime groups is 1. The van der Waals surface area contributed by atoms with Crippen molar-refractivity contribution in [3.05, 3.63) is 69.6 Å². The zero-order valence-corrected chi connectivity index (χ0v) is 17.7. The number of aromatic nitrogens is 4. The van der Waals surface area contributed by atoms with Crippen LogP contribution in [0.4, 0.5) is 5.69 Å². The highest BCUT2D eigenvalue weighted by Crippen LogP contribution is 2.19. The molecule has 2 aromatic carbocycles. The van der Waals surface area contributed by atoms with Crippen molar-refractivity contribution in [1.29, 1.82) is 0 Å². The van der Waals surface area contributed by atoms with Gasteiger partial charge in [-0.25, -0.2) is 4.79 Å². The highest BCUT2D eigenvalue weighted by atomic mass is 16.6. The van der Waals surface area contributed by atoms with Crippen LogP contribution in [0.15, 0.2) is 52.4 Å². The maximum atomic E-state index is 12.2. The molecule has 3 rings (SSSR count). The van der Waals surface area contributed by atoms with Gasteiger partial charge in [0.15, 0.2) is 0 Å². The summed E-state index contributed by atoms with van der Waals surface area (Å²) < 4.78 is 2.41. The molecule has 0 unspecified atom stereocenters. The Morgan fingerprint density at radius 1 is 1.17 bits per heavy atom. The van der Waals surface area contributed by atoms with Crippen LogP contribution in [-0.2, 0) is 23.3 Å². The lowest BCUT2D eigenvalue weighted by molar-refractivity contribution is -0.116. The quantitative estimate of drug-likeness (QED) is 0.460. The molecule has 0 spiro atoms. The van der Waals surface area contributed by atoms with Gasteiger partial charge >= 0.3 is 5.69 Å². The fourth-order valence-corrected chi connectivity index (χ4v) is 2.91. The average Bonchev–Trinajstić information content (AvgIpc) is 3.06. The van der Waals surface area contributed by atoms with Gasteiger partial charge in [-0.15, -0.1) is 0 Å². The van der Waals surface area contributed by atoms with E-state index in [4.69, 9.17) is 4.84 Å². The van der Waals surface area contributed by atoms with E-state index in [1.807, 2.05) is 50.2 Å². The summed E-state index contributed by atoms with van der Waals surface area (Å²) in [6.07, 6.45) is 0. The Hall–Kier alpha value is -3.75. The van der Waals surface area contributed by atoms with E-state index >= 15 is 0 Å². The van der Waals surface area contributed by atoms with Crippen molar-refractivity contribution in [3.63, 3.8) is 0 Å². The Balaban J connectivity index is 1.82. The number of anilines is 1. The normalized spacial score (nSPS) is 11.4. The van der Waals surface area contributed by atoms with E-state index in [9.17, 15) is 9.59 Å². The zero-order valence-electron chi connectivity index (χ0n) is 17.7. The van der Waals surface area contributed by atoms with Crippen molar-refractivity contribution in [2.45, 2.75) is 27.4 Å². The minimum atomic E-state index is -0.340. The second-order valence-electron chi connectivity index (χ2n) is 6.95. The Morgan fingerprint density at radius 2 is 1.90 bits per heavy atom. The molecule has 0 saturated heterocycles. The maximum Gasteiger partial charge on any atom is 0.368 e. The first-order valence-corrected chi connectivity index (χ1v) is 9.38. The van der Waals surface area contributed by atoms with E-state index in [1.165, 1.54) is 16.3 Å². The minimum Gasteiger partial charge on any atom is -0.391 e. The molecule has 0 N–H and O–H groups in total. The second kappa shape index (κ2) is 8.73. The van der Waals surface area contributed by atoms with Gasteiger partial charge in [-0.05, 0) is 48.0 Å². The van der Waals surface area contributed by atoms with Crippen molar-refractivity contribution < 1.29 is 9.63 Å². The molecule has 0 bridgehead atoms. The maximum absolute atomic E-state index is 12.2. The third-order valence-electron chi connectivity index (χ3n) is 4.87. The van der Waals surface area contributed by atoms with Crippen molar-refractivity contribution in [1.82, 2.24) is 19.8 Å². The summed E-state index contributed by atoms with van der Waals surface area (Å²) in [4.78, 5) is 31.0. The van der Waals surface area contributed by atoms with Gasteiger partial charge < -0.3 is 9.74 Å². The SMILES string of the molecule is CC(=O)N(C)c1cccc(C(C)=NOCc2c(C)cccc2-n2nnn(C)c2=O)c1. The molecule has 1 amide bonds. The highest BCUT2D eigenvalue weighted by molar-refractivity contribution is 6.00. The van der Waals surface area contributed by atoms with Crippen LogP contribution in [0.1, 0.15) is 30.5 Å². The molecule has 9 heteroatoms. The number of tetrazole rings is 1. The number of benzene rings is 2. The molecule has 0 aliphatic heterocycles. The van der Waals surface area contributed by atoms with Crippen LogP contribution in [0, 0.1) is 6.92 Å². The minimum absolute atomic E-state index is 0.0515. The van der Waals surface area contributed by atoms with Gasteiger partial charge in [0.2, 0.25) is 5.91 Å². The molecular formula is C21H24N6O3. The van der Waals surface area contributed by atoms with Gasteiger partial charge in [-0.3, -0.25) is 4.79 Å². The summed E-state index contributed by atoms with van der Waals surface area (Å²) >= 11 is 0. The third kappa shape index (κ3) is 4.29. The van der Waals surface area contributed by atoms with E-state index < -0.39 is 0 Å². The molecule has 1 heterocycles. The number of carbonyl (C=O) groups is 1. The summed E-state index contributed by atoms with van der Waals surface area (Å²) in [5, 5.41) is 11.9. The van der Waals surface area contributed by atoms with Crippen molar-refractivity contribution in [2.24, 2.45) is 12.2 Å². The lowest BCUT2D eigenvalue weighted by Gasteiger charge is -2.15. The van der Waals surface area contributed by atoms with Crippen LogP contribution in [0.2, 0.25) is 0 Å². The predicted octanol–water partition coefficient (Wildman–Crippen LogP) is 2.20. The van der Waals surface area contributed by atoms with Crippen molar-refractivity contribution in [2.75, 3.05) is 11.9 Å². The lowest BCUT2D eigenvalue weighted by Crippen LogP contribution is -2.23. The van der Waals surface area contributed by atoms with Gasteiger partial charge in [-0.2, -0.15) is 9.36 Å². The Morgan fingerprint density at radius 3 is 2.57 bits per heavy atom. The summed E-state index contributed by atoms with van der Waals surface area (Å²) in [7, 11) is 3.27. The molecule has 9 nitrogen and oxygen atoms in total. The summed E-state index contributed by atoms with van der Waals surface area (Å²) in [5.41, 5.74) is 4.29. The molecule has 0 atom stereocenters. The smallest absolute Gasteiger partial charge is 0.368 e. The number of carbonyl (C=O) groups excluding carboxylic acids is 1. The van der Waals surface area contributed by atoms with Crippen LogP contribution in [0.25, 0.3) is 5.69 Å². The van der Waals surface area contributed by atoms with Crippen LogP contribution in [0.3, 0.4) is 0 Å². The second-order valence-corrected chi connectivity index (χ2v) is 6.95. The number of aryl methyl sites for hydroxylation is 2. The molecule has 156 valence electrons. The van der Waals surface area contributed by atoms with Crippen LogP contribution in [-0.4, -0.2) is 38.5 Å². The van der Waals surface area contributed by atoms with Gasteiger partial charge in [0, 0.05) is 37.8 Å². The van der Waals surface area contributed by atoms with Gasteiger partial charge in [-0.1, -0.05) is 29.4 Å². The molecular weight excluding hydrogens is 384 g/mol. The molecule has 0 radical (unpaired) electrons. The van der Waals surface area contributed by atoms with E-state index in [-0.39, 0.29) is 18.2 Å². The summed E-state index contributed by atoms with van der Waals surface area (Å²) in [6, 6.07) is 13.1. The van der Waals surface area contributed by atoms with Crippen LogP contribution in [0.5, 0.6) is 0 Å². The largest absolute Gasteiger partial charge is 0.391 e. The fraction of sp³-hybridized carbons (Fsp3) is 0.286. The highest BCUT2D eigenvalue weighted by Gasteiger charge is 2.13. The van der Waals surface area contributed by atoms with E-state index in [1.54, 1.807) is 25.1 Å². The number of hydrogen-bond donors (Lipinski definition) is 0.